The summed E-state index contributed by atoms with van der Waals surface area (Å²) in [6.07, 6.45) is 5.77. The predicted octanol–water partition coefficient (Wildman–Crippen LogP) is 6.47. The van der Waals surface area contributed by atoms with Crippen molar-refractivity contribution in [1.82, 2.24) is 9.47 Å². The largest absolute Gasteiger partial charge is 0.478 e. The number of amides is 1. The Morgan fingerprint density at radius 1 is 1.00 bits per heavy atom. The number of likely N-dealkylation sites (tertiary alicyclic amines) is 1. The summed E-state index contributed by atoms with van der Waals surface area (Å²) in [5.41, 5.74) is 4.91. The minimum Gasteiger partial charge on any atom is -0.478 e. The zero-order chi connectivity index (χ0) is 27.4. The number of carboxylic acids is 1. The summed E-state index contributed by atoms with van der Waals surface area (Å²) in [5, 5.41) is 10.4. The number of aromatic nitrogens is 1. The lowest BCUT2D eigenvalue weighted by Crippen LogP contribution is -2.46. The van der Waals surface area contributed by atoms with E-state index in [4.69, 9.17) is 4.74 Å². The number of halogens is 1. The van der Waals surface area contributed by atoms with E-state index in [2.05, 4.69) is 33.9 Å². The smallest absolute Gasteiger partial charge is 0.415 e. The van der Waals surface area contributed by atoms with Gasteiger partial charge in [0.15, 0.2) is 0 Å². The molecule has 2 saturated heterocycles. The van der Waals surface area contributed by atoms with Crippen LogP contribution in [0, 0.1) is 5.82 Å². The van der Waals surface area contributed by atoms with Crippen molar-refractivity contribution in [3.63, 3.8) is 0 Å². The molecule has 4 aromatic rings. The Morgan fingerprint density at radius 2 is 1.73 bits per heavy atom. The van der Waals surface area contributed by atoms with Crippen LogP contribution in [0.15, 0.2) is 72.9 Å². The van der Waals surface area contributed by atoms with Crippen molar-refractivity contribution in [3.05, 3.63) is 89.9 Å². The van der Waals surface area contributed by atoms with Crippen LogP contribution in [-0.4, -0.2) is 51.9 Å². The number of hydrogen-bond donors (Lipinski definition) is 1. The molecule has 3 aliphatic rings. The maximum atomic E-state index is 13.7. The molecule has 7 rings (SSSR count). The molecule has 1 aromatic heterocycles. The zero-order valence-corrected chi connectivity index (χ0v) is 22.1. The van der Waals surface area contributed by atoms with Crippen molar-refractivity contribution >= 4 is 28.7 Å². The van der Waals surface area contributed by atoms with E-state index in [1.165, 1.54) is 53.6 Å². The van der Waals surface area contributed by atoms with Crippen molar-refractivity contribution in [1.29, 1.82) is 0 Å². The van der Waals surface area contributed by atoms with Gasteiger partial charge in [0, 0.05) is 61.3 Å². The Labute approximate surface area is 231 Å². The van der Waals surface area contributed by atoms with Crippen LogP contribution in [0.2, 0.25) is 0 Å². The van der Waals surface area contributed by atoms with Crippen molar-refractivity contribution < 1.29 is 23.8 Å². The number of ether oxygens (including phenoxy) is 1. The van der Waals surface area contributed by atoms with E-state index in [0.29, 0.717) is 18.3 Å². The van der Waals surface area contributed by atoms with Crippen molar-refractivity contribution in [3.8, 4) is 11.1 Å². The van der Waals surface area contributed by atoms with Gasteiger partial charge < -0.3 is 14.4 Å². The Kier molecular flexibility index (Phi) is 5.89. The van der Waals surface area contributed by atoms with Crippen molar-refractivity contribution in [2.45, 2.75) is 43.9 Å². The number of carbonyl (C=O) groups excluding carboxylic acids is 1. The van der Waals surface area contributed by atoms with Gasteiger partial charge in [-0.05, 0) is 72.0 Å². The second-order valence-corrected chi connectivity index (χ2v) is 11.3. The number of carbonyl (C=O) groups is 2. The summed E-state index contributed by atoms with van der Waals surface area (Å²) in [5.74, 6) is -1.23. The summed E-state index contributed by atoms with van der Waals surface area (Å²) in [4.78, 5) is 28.0. The first-order valence-corrected chi connectivity index (χ1v) is 13.8. The molecular weight excluding hydrogens is 509 g/mol. The second kappa shape index (κ2) is 9.48. The Morgan fingerprint density at radius 3 is 2.40 bits per heavy atom. The number of hydrogen-bond acceptors (Lipinski definition) is 4. The summed E-state index contributed by atoms with van der Waals surface area (Å²) >= 11 is 0. The Bertz CT molecular complexity index is 1600. The lowest BCUT2D eigenvalue weighted by molar-refractivity contribution is -0.000897. The van der Waals surface area contributed by atoms with E-state index in [1.807, 2.05) is 12.1 Å². The SMILES string of the molecule is O=C(O)c1ccc(N2CC3(CCN(Cc4cn(C5CC5)c5cccc(-c6ccc(F)cc6)c45)CC3)OC2=O)cc1. The molecule has 2 aliphatic heterocycles. The van der Waals surface area contributed by atoms with Gasteiger partial charge in [0.2, 0.25) is 0 Å². The predicted molar refractivity (Wildman–Crippen MR) is 150 cm³/mol. The van der Waals surface area contributed by atoms with E-state index < -0.39 is 11.6 Å². The maximum Gasteiger partial charge on any atom is 0.415 e. The first kappa shape index (κ1) is 24.8. The normalized spacial score (nSPS) is 18.9. The lowest BCUT2D eigenvalue weighted by atomic mass is 9.90. The summed E-state index contributed by atoms with van der Waals surface area (Å²) in [6.45, 7) is 2.85. The molecule has 0 atom stereocenters. The topological polar surface area (TPSA) is 75.0 Å². The number of nitrogens with zero attached hydrogens (tertiary/aromatic N) is 3. The lowest BCUT2D eigenvalue weighted by Gasteiger charge is -2.37. The van der Waals surface area contributed by atoms with E-state index in [-0.39, 0.29) is 17.5 Å². The van der Waals surface area contributed by atoms with Gasteiger partial charge in [-0.15, -0.1) is 0 Å². The summed E-state index contributed by atoms with van der Waals surface area (Å²) in [6, 6.07) is 20.0. The third-order valence-electron chi connectivity index (χ3n) is 8.59. The standard InChI is InChI=1S/C32H30FN3O4/c33-24-8-4-21(5-9-24)27-2-1-3-28-29(27)23(19-35(28)25-12-13-25)18-34-16-14-32(15-17-34)20-36(31(39)40-32)26-10-6-22(7-11-26)30(37)38/h1-11,19,25H,12-18,20H2,(H,37,38). The number of rotatable bonds is 6. The number of carboxylic acid groups (broad SMARTS) is 1. The van der Waals surface area contributed by atoms with Gasteiger partial charge in [0.1, 0.15) is 11.4 Å². The molecule has 1 amide bonds. The molecule has 8 heteroatoms. The van der Waals surface area contributed by atoms with Crippen LogP contribution >= 0.6 is 0 Å². The molecule has 204 valence electrons. The fraction of sp³-hybridized carbons (Fsp3) is 0.312. The van der Waals surface area contributed by atoms with E-state index in [1.54, 1.807) is 17.0 Å². The molecule has 3 aromatic carbocycles. The third-order valence-corrected chi connectivity index (χ3v) is 8.59. The number of aromatic carboxylic acids is 1. The minimum absolute atomic E-state index is 0.185. The van der Waals surface area contributed by atoms with Gasteiger partial charge >= 0.3 is 12.1 Å². The van der Waals surface area contributed by atoms with Gasteiger partial charge in [0.25, 0.3) is 0 Å². The fourth-order valence-corrected chi connectivity index (χ4v) is 6.27. The molecule has 1 saturated carbocycles. The highest BCUT2D eigenvalue weighted by molar-refractivity contribution is 5.98. The summed E-state index contributed by atoms with van der Waals surface area (Å²) < 4.78 is 22.0. The average molecular weight is 540 g/mol. The quantitative estimate of drug-likeness (QED) is 0.304. The Balaban J connectivity index is 1.10. The van der Waals surface area contributed by atoms with Crippen LogP contribution in [0.25, 0.3) is 22.0 Å². The maximum absolute atomic E-state index is 13.7. The highest BCUT2D eigenvalue weighted by Gasteiger charge is 2.47. The molecule has 1 aliphatic carbocycles. The van der Waals surface area contributed by atoms with Crippen molar-refractivity contribution in [2.24, 2.45) is 0 Å². The molecule has 40 heavy (non-hydrogen) atoms. The number of piperidine rings is 1. The molecule has 3 heterocycles. The van der Waals surface area contributed by atoms with Gasteiger partial charge in [-0.1, -0.05) is 24.3 Å². The molecule has 1 spiro atoms. The third kappa shape index (κ3) is 4.42. The monoisotopic (exact) mass is 539 g/mol. The van der Waals surface area contributed by atoms with Crippen LogP contribution < -0.4 is 4.90 Å². The zero-order valence-electron chi connectivity index (χ0n) is 22.1. The number of benzene rings is 3. The average Bonchev–Trinajstić information content (AvgIpc) is 3.67. The first-order chi connectivity index (χ1) is 19.4. The highest BCUT2D eigenvalue weighted by Crippen LogP contribution is 2.42. The van der Waals surface area contributed by atoms with E-state index >= 15 is 0 Å². The van der Waals surface area contributed by atoms with Gasteiger partial charge in [0.05, 0.1) is 12.1 Å². The van der Waals surface area contributed by atoms with Crippen LogP contribution in [0.5, 0.6) is 0 Å². The molecule has 1 N–H and O–H groups in total. The molecule has 0 radical (unpaired) electrons. The fourth-order valence-electron chi connectivity index (χ4n) is 6.27. The van der Waals surface area contributed by atoms with Gasteiger partial charge in [-0.2, -0.15) is 0 Å². The number of anilines is 1. The van der Waals surface area contributed by atoms with Gasteiger partial charge in [-0.25, -0.2) is 14.0 Å². The van der Waals surface area contributed by atoms with Crippen LogP contribution in [0.4, 0.5) is 14.9 Å². The van der Waals surface area contributed by atoms with Crippen molar-refractivity contribution in [2.75, 3.05) is 24.5 Å². The van der Waals surface area contributed by atoms with Gasteiger partial charge in [-0.3, -0.25) is 9.80 Å². The molecular formula is C32H30FN3O4. The summed E-state index contributed by atoms with van der Waals surface area (Å²) in [7, 11) is 0. The highest BCUT2D eigenvalue weighted by atomic mass is 19.1. The molecule has 7 nitrogen and oxygen atoms in total. The van der Waals surface area contributed by atoms with E-state index in [9.17, 15) is 19.1 Å². The molecule has 0 bridgehead atoms. The van der Waals surface area contributed by atoms with Crippen LogP contribution in [0.1, 0.15) is 47.6 Å². The molecule has 0 unspecified atom stereocenters. The second-order valence-electron chi connectivity index (χ2n) is 11.3. The minimum atomic E-state index is -0.996. The van der Waals surface area contributed by atoms with Crippen LogP contribution in [-0.2, 0) is 11.3 Å². The Hall–Kier alpha value is -4.17. The first-order valence-electron chi connectivity index (χ1n) is 13.8. The van der Waals surface area contributed by atoms with Crippen LogP contribution in [0.3, 0.4) is 0 Å². The molecule has 3 fully saturated rings. The van der Waals surface area contributed by atoms with E-state index in [0.717, 1.165) is 43.6 Å². The number of fused-ring (bicyclic) bond motifs is 1.